The molecule has 0 aliphatic rings. The van der Waals surface area contributed by atoms with Crippen LogP contribution in [0, 0.1) is 0 Å². The molecule has 0 fully saturated rings. The van der Waals surface area contributed by atoms with Crippen LogP contribution in [-0.4, -0.2) is 20.1 Å². The lowest BCUT2D eigenvalue weighted by atomic mass is 10.1. The molecule has 0 atom stereocenters. The van der Waals surface area contributed by atoms with Crippen LogP contribution in [-0.2, 0) is 26.0 Å². The van der Waals surface area contributed by atoms with E-state index >= 15 is 0 Å². The zero-order chi connectivity index (χ0) is 14.2. The summed E-state index contributed by atoms with van der Waals surface area (Å²) in [4.78, 5) is 0. The molecule has 2 rings (SSSR count). The molecule has 0 radical (unpaired) electrons. The van der Waals surface area contributed by atoms with Gasteiger partial charge in [0.15, 0.2) is 0 Å². The molecule has 1 aromatic carbocycles. The molecular formula is C16H23N3O. The summed E-state index contributed by atoms with van der Waals surface area (Å²) >= 11 is 0. The van der Waals surface area contributed by atoms with Gasteiger partial charge < -0.3 is 5.11 Å². The quantitative estimate of drug-likeness (QED) is 0.804. The summed E-state index contributed by atoms with van der Waals surface area (Å²) in [5, 5.41) is 17.6. The molecule has 4 nitrogen and oxygen atoms in total. The van der Waals surface area contributed by atoms with E-state index in [0.717, 1.165) is 50.0 Å². The fraction of sp³-hybridized carbons (Fsp3) is 0.500. The minimum absolute atomic E-state index is 0.0161. The van der Waals surface area contributed by atoms with E-state index in [1.54, 1.807) is 0 Å². The third kappa shape index (κ3) is 3.90. The summed E-state index contributed by atoms with van der Waals surface area (Å²) in [7, 11) is 0. The summed E-state index contributed by atoms with van der Waals surface area (Å²) in [6.45, 7) is 3.01. The van der Waals surface area contributed by atoms with Crippen LogP contribution in [0.3, 0.4) is 0 Å². The number of aromatic nitrogens is 3. The number of rotatable bonds is 8. The van der Waals surface area contributed by atoms with Crippen molar-refractivity contribution in [1.29, 1.82) is 0 Å². The van der Waals surface area contributed by atoms with Gasteiger partial charge in [-0.2, -0.15) is 0 Å². The van der Waals surface area contributed by atoms with Crippen molar-refractivity contribution >= 4 is 0 Å². The van der Waals surface area contributed by atoms with Crippen molar-refractivity contribution in [2.75, 3.05) is 0 Å². The maximum Gasteiger partial charge on any atom is 0.111 e. The fourth-order valence-corrected chi connectivity index (χ4v) is 2.37. The van der Waals surface area contributed by atoms with E-state index in [-0.39, 0.29) is 6.61 Å². The van der Waals surface area contributed by atoms with Gasteiger partial charge >= 0.3 is 0 Å². The topological polar surface area (TPSA) is 50.9 Å². The average molecular weight is 273 g/mol. The van der Waals surface area contributed by atoms with Crippen LogP contribution in [0.25, 0.3) is 0 Å². The van der Waals surface area contributed by atoms with Crippen LogP contribution >= 0.6 is 0 Å². The van der Waals surface area contributed by atoms with Gasteiger partial charge in [-0.05, 0) is 31.2 Å². The number of hydrogen-bond donors (Lipinski definition) is 1. The molecule has 108 valence electrons. The van der Waals surface area contributed by atoms with Gasteiger partial charge in [0.25, 0.3) is 0 Å². The Hall–Kier alpha value is -1.68. The van der Waals surface area contributed by atoms with E-state index in [1.807, 2.05) is 10.7 Å². The van der Waals surface area contributed by atoms with Gasteiger partial charge in [-0.3, -0.25) is 0 Å². The highest BCUT2D eigenvalue weighted by atomic mass is 16.3. The van der Waals surface area contributed by atoms with Gasteiger partial charge in [0.05, 0.1) is 12.3 Å². The highest BCUT2D eigenvalue weighted by Crippen LogP contribution is 2.11. The third-order valence-corrected chi connectivity index (χ3v) is 3.51. The van der Waals surface area contributed by atoms with E-state index in [1.165, 1.54) is 5.56 Å². The van der Waals surface area contributed by atoms with E-state index in [4.69, 9.17) is 0 Å². The monoisotopic (exact) mass is 273 g/mol. The molecule has 20 heavy (non-hydrogen) atoms. The molecule has 1 N–H and O–H groups in total. The third-order valence-electron chi connectivity index (χ3n) is 3.51. The van der Waals surface area contributed by atoms with Crippen LogP contribution in [0.2, 0.25) is 0 Å². The number of aryl methyl sites for hydroxylation is 2. The van der Waals surface area contributed by atoms with Crippen molar-refractivity contribution in [1.82, 2.24) is 15.0 Å². The summed E-state index contributed by atoms with van der Waals surface area (Å²) in [6.07, 6.45) is 5.28. The standard InChI is InChI=1S/C16H23N3O/c1-2-3-11-16-15(13-20)17-18-19(16)12-7-10-14-8-5-4-6-9-14/h4-6,8-9,20H,2-3,7,10-13H2,1H3. The molecule has 0 saturated heterocycles. The van der Waals surface area contributed by atoms with Crippen molar-refractivity contribution in [3.05, 3.63) is 47.3 Å². The van der Waals surface area contributed by atoms with Gasteiger partial charge in [0.1, 0.15) is 5.69 Å². The fourth-order valence-electron chi connectivity index (χ4n) is 2.37. The van der Waals surface area contributed by atoms with Gasteiger partial charge in [-0.25, -0.2) is 4.68 Å². The first-order valence-corrected chi connectivity index (χ1v) is 7.41. The molecular weight excluding hydrogens is 250 g/mol. The van der Waals surface area contributed by atoms with Crippen molar-refractivity contribution in [2.45, 2.75) is 52.2 Å². The highest BCUT2D eigenvalue weighted by molar-refractivity contribution is 5.14. The van der Waals surface area contributed by atoms with Gasteiger partial charge in [0.2, 0.25) is 0 Å². The highest BCUT2D eigenvalue weighted by Gasteiger charge is 2.11. The minimum atomic E-state index is -0.0161. The smallest absolute Gasteiger partial charge is 0.111 e. The second kappa shape index (κ2) is 7.80. The van der Waals surface area contributed by atoms with Gasteiger partial charge in [-0.15, -0.1) is 5.10 Å². The number of nitrogens with zero attached hydrogens (tertiary/aromatic N) is 3. The first kappa shape index (κ1) is 14.7. The lowest BCUT2D eigenvalue weighted by molar-refractivity contribution is 0.275. The molecule has 1 aromatic heterocycles. The number of aliphatic hydroxyl groups is 1. The Morgan fingerprint density at radius 3 is 2.60 bits per heavy atom. The van der Waals surface area contributed by atoms with Crippen molar-refractivity contribution < 1.29 is 5.11 Å². The van der Waals surface area contributed by atoms with Crippen LogP contribution in [0.1, 0.15) is 43.1 Å². The number of hydrogen-bond acceptors (Lipinski definition) is 3. The molecule has 4 heteroatoms. The number of unbranched alkanes of at least 4 members (excludes halogenated alkanes) is 1. The second-order valence-electron chi connectivity index (χ2n) is 5.06. The first-order valence-electron chi connectivity index (χ1n) is 7.41. The lowest BCUT2D eigenvalue weighted by Gasteiger charge is -2.07. The summed E-state index contributed by atoms with van der Waals surface area (Å²) in [6, 6.07) is 10.5. The Kier molecular flexibility index (Phi) is 5.74. The normalized spacial score (nSPS) is 10.9. The lowest BCUT2D eigenvalue weighted by Crippen LogP contribution is -2.07. The van der Waals surface area contributed by atoms with Crippen molar-refractivity contribution in [3.63, 3.8) is 0 Å². The van der Waals surface area contributed by atoms with E-state index < -0.39 is 0 Å². The number of benzene rings is 1. The zero-order valence-electron chi connectivity index (χ0n) is 12.1. The van der Waals surface area contributed by atoms with Crippen molar-refractivity contribution in [2.24, 2.45) is 0 Å². The van der Waals surface area contributed by atoms with E-state index in [0.29, 0.717) is 0 Å². The molecule has 0 aliphatic carbocycles. The summed E-state index contributed by atoms with van der Waals surface area (Å²) in [5.41, 5.74) is 3.19. The minimum Gasteiger partial charge on any atom is -0.390 e. The Morgan fingerprint density at radius 1 is 1.10 bits per heavy atom. The van der Waals surface area contributed by atoms with E-state index in [9.17, 15) is 5.11 Å². The molecule has 0 unspecified atom stereocenters. The Morgan fingerprint density at radius 2 is 1.90 bits per heavy atom. The Balaban J connectivity index is 1.93. The van der Waals surface area contributed by atoms with Crippen LogP contribution in [0.4, 0.5) is 0 Å². The molecule has 0 aliphatic heterocycles. The van der Waals surface area contributed by atoms with Crippen LogP contribution < -0.4 is 0 Å². The maximum atomic E-state index is 9.32. The molecule has 0 spiro atoms. The number of aliphatic hydroxyl groups excluding tert-OH is 1. The second-order valence-corrected chi connectivity index (χ2v) is 5.06. The summed E-state index contributed by atoms with van der Waals surface area (Å²) in [5.74, 6) is 0. The van der Waals surface area contributed by atoms with Gasteiger partial charge in [-0.1, -0.05) is 48.9 Å². The average Bonchev–Trinajstić information content (AvgIpc) is 2.88. The first-order chi connectivity index (χ1) is 9.85. The Bertz CT molecular complexity index is 508. The summed E-state index contributed by atoms with van der Waals surface area (Å²) < 4.78 is 1.96. The largest absolute Gasteiger partial charge is 0.390 e. The maximum absolute atomic E-state index is 9.32. The molecule has 1 heterocycles. The van der Waals surface area contributed by atoms with Gasteiger partial charge in [0, 0.05) is 6.54 Å². The SMILES string of the molecule is CCCCc1c(CO)nnn1CCCc1ccccc1. The molecule has 2 aromatic rings. The van der Waals surface area contributed by atoms with Crippen molar-refractivity contribution in [3.8, 4) is 0 Å². The molecule has 0 bridgehead atoms. The molecule has 0 amide bonds. The predicted octanol–water partition coefficient (Wildman–Crippen LogP) is 2.75. The zero-order valence-corrected chi connectivity index (χ0v) is 12.1. The Labute approximate surface area is 120 Å². The predicted molar refractivity (Wildman–Crippen MR) is 79.3 cm³/mol. The van der Waals surface area contributed by atoms with Crippen LogP contribution in [0.15, 0.2) is 30.3 Å². The molecule has 0 saturated carbocycles. The van der Waals surface area contributed by atoms with E-state index in [2.05, 4.69) is 41.5 Å². The van der Waals surface area contributed by atoms with Crippen LogP contribution in [0.5, 0.6) is 0 Å².